The summed E-state index contributed by atoms with van der Waals surface area (Å²) in [5.74, 6) is 0.229. The van der Waals surface area contributed by atoms with Gasteiger partial charge in [0, 0.05) is 22.4 Å². The molecule has 4 nitrogen and oxygen atoms in total. The molecule has 1 aliphatic rings. The molecule has 166 valence electrons. The Balaban J connectivity index is 1.54. The van der Waals surface area contributed by atoms with Gasteiger partial charge in [0.1, 0.15) is 5.82 Å². The van der Waals surface area contributed by atoms with Crippen molar-refractivity contribution in [1.82, 2.24) is 9.97 Å². The summed E-state index contributed by atoms with van der Waals surface area (Å²) in [6.45, 7) is 0. The summed E-state index contributed by atoms with van der Waals surface area (Å²) < 4.78 is 13.7. The molecule has 7 heteroatoms. The number of hydrazone groups is 1. The van der Waals surface area contributed by atoms with Gasteiger partial charge < -0.3 is 0 Å². The second-order valence-corrected chi connectivity index (χ2v) is 9.42. The highest BCUT2D eigenvalue weighted by Crippen LogP contribution is 2.38. The van der Waals surface area contributed by atoms with Gasteiger partial charge in [-0.3, -0.25) is 0 Å². The highest BCUT2D eigenvalue weighted by molar-refractivity contribution is 7.12. The van der Waals surface area contributed by atoms with Crippen LogP contribution in [0.4, 0.5) is 10.3 Å². The van der Waals surface area contributed by atoms with E-state index in [1.807, 2.05) is 65.0 Å². The quantitative estimate of drug-likeness (QED) is 0.265. The number of rotatable bonds is 4. The van der Waals surface area contributed by atoms with Gasteiger partial charge in [-0.05, 0) is 47.3 Å². The normalized spacial score (nSPS) is 15.6. The molecule has 0 spiro atoms. The van der Waals surface area contributed by atoms with Gasteiger partial charge >= 0.3 is 0 Å². The Labute approximate surface area is 205 Å². The first-order valence-electron chi connectivity index (χ1n) is 10.8. The number of halogens is 2. The molecule has 2 aromatic heterocycles. The van der Waals surface area contributed by atoms with Crippen molar-refractivity contribution in [2.45, 2.75) is 12.5 Å². The molecule has 0 saturated heterocycles. The van der Waals surface area contributed by atoms with Crippen molar-refractivity contribution >= 4 is 45.5 Å². The molecule has 0 saturated carbocycles. The summed E-state index contributed by atoms with van der Waals surface area (Å²) in [5.41, 5.74) is 4.47. The molecule has 0 aliphatic carbocycles. The van der Waals surface area contributed by atoms with E-state index in [0.717, 1.165) is 38.3 Å². The van der Waals surface area contributed by atoms with Crippen molar-refractivity contribution in [3.05, 3.63) is 112 Å². The van der Waals surface area contributed by atoms with E-state index in [0.29, 0.717) is 17.4 Å². The zero-order chi connectivity index (χ0) is 23.1. The van der Waals surface area contributed by atoms with E-state index in [-0.39, 0.29) is 11.9 Å². The summed E-state index contributed by atoms with van der Waals surface area (Å²) in [5, 5.41) is 10.4. The second kappa shape index (κ2) is 8.63. The van der Waals surface area contributed by atoms with Gasteiger partial charge in [-0.15, -0.1) is 11.3 Å². The summed E-state index contributed by atoms with van der Waals surface area (Å²) >= 11 is 7.97. The van der Waals surface area contributed by atoms with Crippen molar-refractivity contribution in [3.63, 3.8) is 0 Å². The van der Waals surface area contributed by atoms with Crippen molar-refractivity contribution in [2.75, 3.05) is 5.01 Å². The fourth-order valence-electron chi connectivity index (χ4n) is 4.24. The predicted octanol–water partition coefficient (Wildman–Crippen LogP) is 7.51. The first-order chi connectivity index (χ1) is 16.7. The minimum absolute atomic E-state index is 0.147. The van der Waals surface area contributed by atoms with Gasteiger partial charge in [0.25, 0.3) is 0 Å². The molecular weight excluding hydrogens is 467 g/mol. The van der Waals surface area contributed by atoms with E-state index >= 15 is 0 Å². The van der Waals surface area contributed by atoms with Gasteiger partial charge in [0.05, 0.1) is 27.8 Å². The number of anilines is 1. The molecule has 34 heavy (non-hydrogen) atoms. The number of nitrogens with zero attached hydrogens (tertiary/aromatic N) is 4. The average molecular weight is 485 g/mol. The minimum Gasteiger partial charge on any atom is -0.223 e. The van der Waals surface area contributed by atoms with Crippen LogP contribution in [0.3, 0.4) is 0 Å². The fourth-order valence-corrected chi connectivity index (χ4v) is 5.13. The van der Waals surface area contributed by atoms with E-state index in [4.69, 9.17) is 26.7 Å². The van der Waals surface area contributed by atoms with Crippen LogP contribution in [0.2, 0.25) is 5.02 Å². The van der Waals surface area contributed by atoms with E-state index in [9.17, 15) is 4.39 Å². The van der Waals surface area contributed by atoms with Crippen LogP contribution in [0.5, 0.6) is 0 Å². The third kappa shape index (κ3) is 3.85. The Hall–Kier alpha value is -3.61. The SMILES string of the molecule is Fc1ccc([C@H]2CC(c3cccs3)=NN2c2nc(-c3ccccc3)c3cc(Cl)ccc3n2)cc1. The van der Waals surface area contributed by atoms with Crippen molar-refractivity contribution in [1.29, 1.82) is 0 Å². The number of thiophene rings is 1. The zero-order valence-electron chi connectivity index (χ0n) is 17.9. The Morgan fingerprint density at radius 1 is 0.912 bits per heavy atom. The minimum atomic E-state index is -0.266. The van der Waals surface area contributed by atoms with Crippen LogP contribution in [0.1, 0.15) is 22.9 Å². The highest BCUT2D eigenvalue weighted by Gasteiger charge is 2.32. The molecule has 0 N–H and O–H groups in total. The molecule has 6 rings (SSSR count). The molecule has 0 radical (unpaired) electrons. The van der Waals surface area contributed by atoms with Gasteiger partial charge in [-0.25, -0.2) is 19.4 Å². The maximum Gasteiger partial charge on any atom is 0.247 e. The summed E-state index contributed by atoms with van der Waals surface area (Å²) in [4.78, 5) is 11.0. The summed E-state index contributed by atoms with van der Waals surface area (Å²) in [6.07, 6.45) is 0.675. The lowest BCUT2D eigenvalue weighted by Crippen LogP contribution is -2.21. The molecular formula is C27H18ClFN4S. The maximum atomic E-state index is 13.7. The number of hydrogen-bond acceptors (Lipinski definition) is 5. The molecule has 0 amide bonds. The van der Waals surface area contributed by atoms with Gasteiger partial charge in [-0.2, -0.15) is 5.10 Å². The van der Waals surface area contributed by atoms with Crippen LogP contribution in [0, 0.1) is 5.82 Å². The zero-order valence-corrected chi connectivity index (χ0v) is 19.5. The number of fused-ring (bicyclic) bond motifs is 1. The smallest absolute Gasteiger partial charge is 0.223 e. The van der Waals surface area contributed by atoms with Crippen LogP contribution in [0.15, 0.2) is 95.4 Å². The molecule has 3 heterocycles. The molecule has 3 aromatic carbocycles. The van der Waals surface area contributed by atoms with E-state index < -0.39 is 0 Å². The Bertz CT molecular complexity index is 1500. The summed E-state index contributed by atoms with van der Waals surface area (Å²) in [6, 6.07) is 26.1. The summed E-state index contributed by atoms with van der Waals surface area (Å²) in [7, 11) is 0. The third-order valence-electron chi connectivity index (χ3n) is 5.87. The number of hydrogen-bond donors (Lipinski definition) is 0. The first kappa shape index (κ1) is 21.0. The van der Waals surface area contributed by atoms with E-state index in [1.54, 1.807) is 23.5 Å². The standard InChI is InChI=1S/C27H18ClFN4S/c28-19-10-13-22-21(15-19)26(18-5-2-1-3-6-18)31-27(30-22)33-24(17-8-11-20(29)12-9-17)16-23(32-33)25-7-4-14-34-25/h1-15,24H,16H2/t24-/m1/s1. The molecule has 1 aliphatic heterocycles. The van der Waals surface area contributed by atoms with Crippen molar-refractivity contribution in [2.24, 2.45) is 5.10 Å². The second-order valence-electron chi connectivity index (χ2n) is 8.04. The average Bonchev–Trinajstić information content (AvgIpc) is 3.55. The van der Waals surface area contributed by atoms with E-state index in [1.165, 1.54) is 12.1 Å². The highest BCUT2D eigenvalue weighted by atomic mass is 35.5. The van der Waals surface area contributed by atoms with Crippen molar-refractivity contribution < 1.29 is 4.39 Å². The largest absolute Gasteiger partial charge is 0.247 e. The molecule has 0 fully saturated rings. The lowest BCUT2D eigenvalue weighted by atomic mass is 10.0. The Kier molecular flexibility index (Phi) is 5.32. The topological polar surface area (TPSA) is 41.4 Å². The van der Waals surface area contributed by atoms with Gasteiger partial charge in [-0.1, -0.05) is 60.1 Å². The van der Waals surface area contributed by atoms with Crippen LogP contribution in [-0.4, -0.2) is 15.7 Å². The van der Waals surface area contributed by atoms with Crippen LogP contribution < -0.4 is 5.01 Å². The van der Waals surface area contributed by atoms with Crippen LogP contribution >= 0.6 is 22.9 Å². The molecule has 5 aromatic rings. The molecule has 1 atom stereocenters. The number of benzene rings is 3. The Morgan fingerprint density at radius 3 is 2.50 bits per heavy atom. The monoisotopic (exact) mass is 484 g/mol. The number of aromatic nitrogens is 2. The third-order valence-corrected chi connectivity index (χ3v) is 7.02. The Morgan fingerprint density at radius 2 is 1.74 bits per heavy atom. The van der Waals surface area contributed by atoms with Crippen LogP contribution in [0.25, 0.3) is 22.2 Å². The van der Waals surface area contributed by atoms with E-state index in [2.05, 4.69) is 6.07 Å². The lowest BCUT2D eigenvalue weighted by Gasteiger charge is -2.23. The molecule has 0 bridgehead atoms. The fraction of sp³-hybridized carbons (Fsp3) is 0.0741. The van der Waals surface area contributed by atoms with Gasteiger partial charge in [0.2, 0.25) is 5.95 Å². The first-order valence-corrected chi connectivity index (χ1v) is 12.1. The van der Waals surface area contributed by atoms with Gasteiger partial charge in [0.15, 0.2) is 0 Å². The molecule has 0 unspecified atom stereocenters. The van der Waals surface area contributed by atoms with Crippen molar-refractivity contribution in [3.8, 4) is 11.3 Å². The lowest BCUT2D eigenvalue weighted by molar-refractivity contribution is 0.623. The maximum absolute atomic E-state index is 13.7. The van der Waals surface area contributed by atoms with Crippen LogP contribution in [-0.2, 0) is 0 Å². The predicted molar refractivity (Wildman–Crippen MR) is 137 cm³/mol.